The molecule has 0 aliphatic rings. The van der Waals surface area contributed by atoms with Crippen molar-refractivity contribution < 1.29 is 4.79 Å². The van der Waals surface area contributed by atoms with Gasteiger partial charge in [-0.05, 0) is 43.1 Å². The molecule has 0 aliphatic carbocycles. The number of nitrogens with zero attached hydrogens (tertiary/aromatic N) is 1. The van der Waals surface area contributed by atoms with Crippen LogP contribution in [0.3, 0.4) is 0 Å². The molecule has 1 N–H and O–H groups in total. The largest absolute Gasteiger partial charge is 0.352 e. The molecule has 21 heavy (non-hydrogen) atoms. The predicted octanol–water partition coefficient (Wildman–Crippen LogP) is 3.45. The minimum Gasteiger partial charge on any atom is -0.352 e. The summed E-state index contributed by atoms with van der Waals surface area (Å²) in [7, 11) is 0. The van der Waals surface area contributed by atoms with Gasteiger partial charge in [0.2, 0.25) is 0 Å². The first-order valence-electron chi connectivity index (χ1n) is 8.00. The molecule has 0 radical (unpaired) electrons. The molecule has 0 spiro atoms. The molecule has 3 nitrogen and oxygen atoms in total. The molecule has 1 aromatic rings. The molecule has 0 fully saturated rings. The van der Waals surface area contributed by atoms with Crippen LogP contribution in [0.1, 0.15) is 57.0 Å². The summed E-state index contributed by atoms with van der Waals surface area (Å²) in [5.41, 5.74) is 1.88. The van der Waals surface area contributed by atoms with Gasteiger partial charge in [0, 0.05) is 12.1 Å². The van der Waals surface area contributed by atoms with Gasteiger partial charge in [-0.15, -0.1) is 0 Å². The molecule has 1 rings (SSSR count). The summed E-state index contributed by atoms with van der Waals surface area (Å²) in [4.78, 5) is 14.7. The van der Waals surface area contributed by atoms with E-state index in [9.17, 15) is 4.79 Å². The maximum absolute atomic E-state index is 12.4. The Morgan fingerprint density at radius 1 is 1.14 bits per heavy atom. The van der Waals surface area contributed by atoms with E-state index in [-0.39, 0.29) is 11.3 Å². The van der Waals surface area contributed by atoms with E-state index in [0.29, 0.717) is 0 Å². The summed E-state index contributed by atoms with van der Waals surface area (Å²) in [6.45, 7) is 14.7. The van der Waals surface area contributed by atoms with Gasteiger partial charge in [0.25, 0.3) is 5.91 Å². The lowest BCUT2D eigenvalue weighted by molar-refractivity contribution is 0.0949. The highest BCUT2D eigenvalue weighted by Crippen LogP contribution is 2.25. The molecule has 118 valence electrons. The Morgan fingerprint density at radius 3 is 2.33 bits per heavy atom. The fourth-order valence-corrected chi connectivity index (χ4v) is 2.47. The second kappa shape index (κ2) is 8.18. The molecule has 0 unspecified atom stereocenters. The Morgan fingerprint density at radius 2 is 1.76 bits per heavy atom. The molecule has 0 saturated heterocycles. The third kappa shape index (κ3) is 5.50. The summed E-state index contributed by atoms with van der Waals surface area (Å²) in [6.07, 6.45) is 0.991. The topological polar surface area (TPSA) is 32.3 Å². The number of benzene rings is 1. The van der Waals surface area contributed by atoms with Crippen LogP contribution in [-0.2, 0) is 5.41 Å². The van der Waals surface area contributed by atoms with Crippen molar-refractivity contribution in [3.63, 3.8) is 0 Å². The van der Waals surface area contributed by atoms with Crippen molar-refractivity contribution in [1.82, 2.24) is 10.2 Å². The van der Waals surface area contributed by atoms with Crippen molar-refractivity contribution in [2.24, 2.45) is 0 Å². The van der Waals surface area contributed by atoms with Gasteiger partial charge < -0.3 is 10.2 Å². The van der Waals surface area contributed by atoms with E-state index in [2.05, 4.69) is 44.8 Å². The van der Waals surface area contributed by atoms with E-state index in [1.165, 1.54) is 0 Å². The molecule has 0 aliphatic heterocycles. The quantitative estimate of drug-likeness (QED) is 0.780. The van der Waals surface area contributed by atoms with Crippen molar-refractivity contribution in [3.05, 3.63) is 35.4 Å². The summed E-state index contributed by atoms with van der Waals surface area (Å²) in [5.74, 6) is 0.0417. The molecule has 1 aromatic carbocycles. The van der Waals surface area contributed by atoms with Crippen molar-refractivity contribution in [3.8, 4) is 0 Å². The summed E-state index contributed by atoms with van der Waals surface area (Å²) in [6, 6.07) is 7.89. The number of carbonyl (C=O) groups excluding carboxylic acids is 1. The Balaban J connectivity index is 2.57. The van der Waals surface area contributed by atoms with E-state index < -0.39 is 0 Å². The molecule has 0 aromatic heterocycles. The van der Waals surface area contributed by atoms with Crippen molar-refractivity contribution in [2.45, 2.75) is 46.5 Å². The second-order valence-corrected chi connectivity index (χ2v) is 6.43. The number of rotatable bonds is 7. The van der Waals surface area contributed by atoms with Gasteiger partial charge in [0.15, 0.2) is 0 Å². The molecule has 0 heterocycles. The third-order valence-electron chi connectivity index (χ3n) is 3.81. The highest BCUT2D eigenvalue weighted by atomic mass is 16.1. The fraction of sp³-hybridized carbons (Fsp3) is 0.611. The minimum absolute atomic E-state index is 0.0187. The molecule has 0 atom stereocenters. The third-order valence-corrected chi connectivity index (χ3v) is 3.81. The van der Waals surface area contributed by atoms with Gasteiger partial charge in [-0.2, -0.15) is 0 Å². The van der Waals surface area contributed by atoms with Gasteiger partial charge in [0.1, 0.15) is 0 Å². The van der Waals surface area contributed by atoms with Crippen molar-refractivity contribution in [1.29, 1.82) is 0 Å². The van der Waals surface area contributed by atoms with E-state index in [1.807, 2.05) is 24.3 Å². The van der Waals surface area contributed by atoms with Crippen LogP contribution in [-0.4, -0.2) is 37.0 Å². The SMILES string of the molecule is CCN(CC)CCCNC(=O)c1ccccc1C(C)(C)C. The maximum atomic E-state index is 12.4. The summed E-state index contributed by atoms with van der Waals surface area (Å²) >= 11 is 0. The smallest absolute Gasteiger partial charge is 0.251 e. The Bertz CT molecular complexity index is 445. The minimum atomic E-state index is -0.0187. The van der Waals surface area contributed by atoms with Crippen LogP contribution in [0.25, 0.3) is 0 Å². The Hall–Kier alpha value is -1.35. The number of carbonyl (C=O) groups is 1. The van der Waals surface area contributed by atoms with Crippen LogP contribution in [0.5, 0.6) is 0 Å². The fourth-order valence-electron chi connectivity index (χ4n) is 2.47. The number of hydrogen-bond donors (Lipinski definition) is 1. The normalized spacial score (nSPS) is 11.7. The van der Waals surface area contributed by atoms with Crippen LogP contribution in [0.15, 0.2) is 24.3 Å². The van der Waals surface area contributed by atoms with Gasteiger partial charge >= 0.3 is 0 Å². The van der Waals surface area contributed by atoms with Crippen molar-refractivity contribution >= 4 is 5.91 Å². The summed E-state index contributed by atoms with van der Waals surface area (Å²) in [5, 5.41) is 3.05. The summed E-state index contributed by atoms with van der Waals surface area (Å²) < 4.78 is 0. The maximum Gasteiger partial charge on any atom is 0.251 e. The molecule has 0 bridgehead atoms. The van der Waals surface area contributed by atoms with Crippen LogP contribution in [0.4, 0.5) is 0 Å². The highest BCUT2D eigenvalue weighted by molar-refractivity contribution is 5.96. The lowest BCUT2D eigenvalue weighted by atomic mass is 9.83. The zero-order chi connectivity index (χ0) is 15.9. The van der Waals surface area contributed by atoms with Gasteiger partial charge in [-0.1, -0.05) is 52.8 Å². The lowest BCUT2D eigenvalue weighted by Gasteiger charge is -2.22. The molecular formula is C18H30N2O. The van der Waals surface area contributed by atoms with E-state index in [0.717, 1.165) is 43.7 Å². The number of nitrogens with one attached hydrogen (secondary N) is 1. The number of amides is 1. The predicted molar refractivity (Wildman–Crippen MR) is 89.9 cm³/mol. The molecule has 0 saturated carbocycles. The van der Waals surface area contributed by atoms with Gasteiger partial charge in [-0.3, -0.25) is 4.79 Å². The van der Waals surface area contributed by atoms with Gasteiger partial charge in [0.05, 0.1) is 0 Å². The van der Waals surface area contributed by atoms with Crippen LogP contribution in [0.2, 0.25) is 0 Å². The van der Waals surface area contributed by atoms with Gasteiger partial charge in [-0.25, -0.2) is 0 Å². The van der Waals surface area contributed by atoms with Crippen molar-refractivity contribution in [2.75, 3.05) is 26.2 Å². The first-order chi connectivity index (χ1) is 9.90. The van der Waals surface area contributed by atoms with Crippen LogP contribution in [0, 0.1) is 0 Å². The number of hydrogen-bond acceptors (Lipinski definition) is 2. The van der Waals surface area contributed by atoms with E-state index in [4.69, 9.17) is 0 Å². The van der Waals surface area contributed by atoms with E-state index in [1.54, 1.807) is 0 Å². The Kier molecular flexibility index (Phi) is 6.90. The van der Waals surface area contributed by atoms with Crippen LogP contribution >= 0.6 is 0 Å². The lowest BCUT2D eigenvalue weighted by Crippen LogP contribution is -2.31. The first-order valence-corrected chi connectivity index (χ1v) is 8.00. The monoisotopic (exact) mass is 290 g/mol. The Labute approximate surface area is 129 Å². The second-order valence-electron chi connectivity index (χ2n) is 6.43. The average molecular weight is 290 g/mol. The van der Waals surface area contributed by atoms with E-state index >= 15 is 0 Å². The first kappa shape index (κ1) is 17.7. The average Bonchev–Trinajstić information content (AvgIpc) is 2.46. The highest BCUT2D eigenvalue weighted by Gasteiger charge is 2.20. The zero-order valence-corrected chi connectivity index (χ0v) is 14.2. The molecule has 3 heteroatoms. The van der Waals surface area contributed by atoms with Crippen LogP contribution < -0.4 is 5.32 Å². The molecular weight excluding hydrogens is 260 g/mol. The zero-order valence-electron chi connectivity index (χ0n) is 14.2. The standard InChI is InChI=1S/C18H30N2O/c1-6-20(7-2)14-10-13-19-17(21)15-11-8-9-12-16(15)18(3,4)5/h8-9,11-12H,6-7,10,13-14H2,1-5H3,(H,19,21). The molecule has 1 amide bonds.